The fourth-order valence-electron chi connectivity index (χ4n) is 1.63. The van der Waals surface area contributed by atoms with Crippen LogP contribution in [0.2, 0.25) is 0 Å². The molecular formula is C14H11BrO2S2. The van der Waals surface area contributed by atoms with Gasteiger partial charge in [0.2, 0.25) is 0 Å². The van der Waals surface area contributed by atoms with Crippen molar-refractivity contribution in [3.8, 4) is 0 Å². The summed E-state index contributed by atoms with van der Waals surface area (Å²) in [6.45, 7) is 0. The summed E-state index contributed by atoms with van der Waals surface area (Å²) in [4.78, 5) is 14.0. The molecule has 0 aromatic heterocycles. The standard InChI is InChI=1S/C14H11BrO2S2/c1-18-11-6-3-7-12(13(11)14(16)17)19-10-5-2-4-9(15)8-10/h2-8H,1H3,(H,16,17). The van der Waals surface area contributed by atoms with Gasteiger partial charge in [0.1, 0.15) is 0 Å². The highest BCUT2D eigenvalue weighted by Crippen LogP contribution is 2.35. The summed E-state index contributed by atoms with van der Waals surface area (Å²) in [5.74, 6) is -0.887. The van der Waals surface area contributed by atoms with E-state index in [0.29, 0.717) is 5.56 Å². The molecule has 0 atom stereocenters. The van der Waals surface area contributed by atoms with Gasteiger partial charge in [-0.25, -0.2) is 4.79 Å². The quantitative estimate of drug-likeness (QED) is 0.782. The molecule has 0 unspecified atom stereocenters. The van der Waals surface area contributed by atoms with Crippen LogP contribution in [-0.2, 0) is 0 Å². The SMILES string of the molecule is CSc1cccc(Sc2cccc(Br)c2)c1C(=O)O. The number of hydrogen-bond acceptors (Lipinski definition) is 3. The third-order valence-corrected chi connectivity index (χ3v) is 4.77. The van der Waals surface area contributed by atoms with E-state index in [1.807, 2.05) is 48.7 Å². The number of carboxylic acids is 1. The van der Waals surface area contributed by atoms with E-state index < -0.39 is 5.97 Å². The van der Waals surface area contributed by atoms with Crippen LogP contribution in [0.3, 0.4) is 0 Å². The maximum absolute atomic E-state index is 11.4. The van der Waals surface area contributed by atoms with Crippen LogP contribution in [0.4, 0.5) is 0 Å². The first-order chi connectivity index (χ1) is 9.11. The van der Waals surface area contributed by atoms with Crippen molar-refractivity contribution in [3.05, 3.63) is 52.5 Å². The molecule has 0 saturated carbocycles. The Hall–Kier alpha value is -0.910. The molecule has 1 N–H and O–H groups in total. The van der Waals surface area contributed by atoms with Gasteiger partial charge >= 0.3 is 5.97 Å². The number of rotatable bonds is 4. The second kappa shape index (κ2) is 6.50. The summed E-state index contributed by atoms with van der Waals surface area (Å²) >= 11 is 6.33. The summed E-state index contributed by atoms with van der Waals surface area (Å²) in [6.07, 6.45) is 1.88. The molecule has 98 valence electrons. The van der Waals surface area contributed by atoms with Gasteiger partial charge in [0.05, 0.1) is 5.56 Å². The molecule has 0 spiro atoms. The molecule has 2 nitrogen and oxygen atoms in total. The molecule has 2 aromatic carbocycles. The predicted octanol–water partition coefficient (Wildman–Crippen LogP) is 5.02. The number of carbonyl (C=O) groups is 1. The van der Waals surface area contributed by atoms with Crippen molar-refractivity contribution in [2.75, 3.05) is 6.26 Å². The number of hydrogen-bond donors (Lipinski definition) is 1. The normalized spacial score (nSPS) is 10.4. The van der Waals surface area contributed by atoms with Crippen molar-refractivity contribution >= 4 is 45.4 Å². The minimum Gasteiger partial charge on any atom is -0.478 e. The van der Waals surface area contributed by atoms with E-state index in [4.69, 9.17) is 0 Å². The van der Waals surface area contributed by atoms with E-state index in [0.717, 1.165) is 19.2 Å². The zero-order valence-electron chi connectivity index (χ0n) is 10.1. The summed E-state index contributed by atoms with van der Waals surface area (Å²) in [6, 6.07) is 13.4. The lowest BCUT2D eigenvalue weighted by Crippen LogP contribution is -2.01. The number of carboxylic acid groups (broad SMARTS) is 1. The Labute approximate surface area is 128 Å². The Balaban J connectivity index is 2.42. The van der Waals surface area contributed by atoms with Gasteiger partial charge in [0.15, 0.2) is 0 Å². The maximum atomic E-state index is 11.4. The van der Waals surface area contributed by atoms with E-state index >= 15 is 0 Å². The summed E-state index contributed by atoms with van der Waals surface area (Å²) in [5.41, 5.74) is 0.375. The topological polar surface area (TPSA) is 37.3 Å². The minimum absolute atomic E-state index is 0.375. The van der Waals surface area contributed by atoms with Crippen LogP contribution in [-0.4, -0.2) is 17.3 Å². The average Bonchev–Trinajstić information content (AvgIpc) is 2.38. The zero-order chi connectivity index (χ0) is 13.8. The largest absolute Gasteiger partial charge is 0.478 e. The molecule has 0 bridgehead atoms. The maximum Gasteiger partial charge on any atom is 0.337 e. The molecular weight excluding hydrogens is 344 g/mol. The molecule has 0 heterocycles. The van der Waals surface area contributed by atoms with Gasteiger partial charge in [-0.1, -0.05) is 39.8 Å². The number of aromatic carboxylic acids is 1. The van der Waals surface area contributed by atoms with Crippen LogP contribution in [0.25, 0.3) is 0 Å². The van der Waals surface area contributed by atoms with Crippen molar-refractivity contribution in [1.29, 1.82) is 0 Å². The van der Waals surface area contributed by atoms with Crippen LogP contribution < -0.4 is 0 Å². The van der Waals surface area contributed by atoms with Crippen molar-refractivity contribution in [2.24, 2.45) is 0 Å². The Bertz CT molecular complexity index is 614. The van der Waals surface area contributed by atoms with E-state index in [1.165, 1.54) is 23.5 Å². The lowest BCUT2D eigenvalue weighted by atomic mass is 10.2. The fourth-order valence-corrected chi connectivity index (χ4v) is 3.90. The van der Waals surface area contributed by atoms with Crippen LogP contribution in [0.1, 0.15) is 10.4 Å². The van der Waals surface area contributed by atoms with E-state index in [9.17, 15) is 9.90 Å². The predicted molar refractivity (Wildman–Crippen MR) is 83.4 cm³/mol. The molecule has 2 aromatic rings. The number of thioether (sulfide) groups is 1. The van der Waals surface area contributed by atoms with E-state index in [1.54, 1.807) is 0 Å². The van der Waals surface area contributed by atoms with Crippen molar-refractivity contribution in [2.45, 2.75) is 14.7 Å². The fraction of sp³-hybridized carbons (Fsp3) is 0.0714. The Morgan fingerprint density at radius 2 is 1.84 bits per heavy atom. The highest BCUT2D eigenvalue weighted by molar-refractivity contribution is 9.10. The van der Waals surface area contributed by atoms with Crippen molar-refractivity contribution in [3.63, 3.8) is 0 Å². The van der Waals surface area contributed by atoms with Gasteiger partial charge in [0.25, 0.3) is 0 Å². The minimum atomic E-state index is -0.887. The van der Waals surface area contributed by atoms with Crippen LogP contribution in [0.15, 0.2) is 61.6 Å². The van der Waals surface area contributed by atoms with Gasteiger partial charge in [-0.3, -0.25) is 0 Å². The molecule has 0 saturated heterocycles. The Morgan fingerprint density at radius 1 is 1.16 bits per heavy atom. The third-order valence-electron chi connectivity index (χ3n) is 2.45. The molecule has 0 fully saturated rings. The van der Waals surface area contributed by atoms with Gasteiger partial charge < -0.3 is 5.11 Å². The van der Waals surface area contributed by atoms with Crippen LogP contribution in [0, 0.1) is 0 Å². The van der Waals surface area contributed by atoms with Crippen molar-refractivity contribution < 1.29 is 9.90 Å². The molecule has 0 radical (unpaired) electrons. The van der Waals surface area contributed by atoms with Crippen molar-refractivity contribution in [1.82, 2.24) is 0 Å². The summed E-state index contributed by atoms with van der Waals surface area (Å²) in [7, 11) is 0. The van der Waals surface area contributed by atoms with Crippen LogP contribution >= 0.6 is 39.5 Å². The Morgan fingerprint density at radius 3 is 2.47 bits per heavy atom. The zero-order valence-corrected chi connectivity index (χ0v) is 13.3. The second-order valence-corrected chi connectivity index (χ2v) is 6.58. The molecule has 0 aliphatic carbocycles. The van der Waals surface area contributed by atoms with Gasteiger partial charge in [-0.2, -0.15) is 0 Å². The van der Waals surface area contributed by atoms with Gasteiger partial charge in [0, 0.05) is 19.2 Å². The molecule has 0 amide bonds. The lowest BCUT2D eigenvalue weighted by Gasteiger charge is -2.09. The summed E-state index contributed by atoms with van der Waals surface area (Å²) < 4.78 is 0.982. The number of benzene rings is 2. The highest BCUT2D eigenvalue weighted by atomic mass is 79.9. The van der Waals surface area contributed by atoms with Gasteiger partial charge in [-0.05, 0) is 36.6 Å². The highest BCUT2D eigenvalue weighted by Gasteiger charge is 2.15. The number of halogens is 1. The van der Waals surface area contributed by atoms with Crippen LogP contribution in [0.5, 0.6) is 0 Å². The average molecular weight is 355 g/mol. The first-order valence-electron chi connectivity index (χ1n) is 5.45. The third kappa shape index (κ3) is 3.55. The van der Waals surface area contributed by atoms with E-state index in [-0.39, 0.29) is 0 Å². The molecule has 0 aliphatic heterocycles. The molecule has 5 heteroatoms. The Kier molecular flexibility index (Phi) is 4.96. The van der Waals surface area contributed by atoms with E-state index in [2.05, 4.69) is 15.9 Å². The monoisotopic (exact) mass is 354 g/mol. The molecule has 2 rings (SSSR count). The molecule has 19 heavy (non-hydrogen) atoms. The smallest absolute Gasteiger partial charge is 0.337 e. The lowest BCUT2D eigenvalue weighted by molar-refractivity contribution is 0.0689. The van der Waals surface area contributed by atoms with Gasteiger partial charge in [-0.15, -0.1) is 11.8 Å². The first kappa shape index (κ1) is 14.5. The molecule has 0 aliphatic rings. The first-order valence-corrected chi connectivity index (χ1v) is 8.29. The second-order valence-electron chi connectivity index (χ2n) is 3.70. The summed E-state index contributed by atoms with van der Waals surface area (Å²) in [5, 5.41) is 9.37.